The lowest BCUT2D eigenvalue weighted by Crippen LogP contribution is -2.29. The zero-order chi connectivity index (χ0) is 36.0. The first-order valence-electron chi connectivity index (χ1n) is 15.1. The van der Waals surface area contributed by atoms with Crippen molar-refractivity contribution >= 4 is 43.7 Å². The van der Waals surface area contributed by atoms with Crippen LogP contribution in [-0.2, 0) is 33.8 Å². The van der Waals surface area contributed by atoms with E-state index in [0.717, 1.165) is 11.1 Å². The summed E-state index contributed by atoms with van der Waals surface area (Å²) in [7, 11) is -10.3. The fourth-order valence-electron chi connectivity index (χ4n) is 5.50. The SMILES string of the molecule is Cc1cc2nc3c(=O)[nH]c(=O)nc-3n(CC[C@H](O)CCOP(=O)(O)OP(=O)(O)OC[C@@H]3C[C@@H](O)[C@H](n4cnc5c(N)ncnc54)O3)c2cc1C. The number of benzene rings is 1. The highest BCUT2D eigenvalue weighted by molar-refractivity contribution is 7.61. The number of phosphoric ester groups is 2. The van der Waals surface area contributed by atoms with Crippen molar-refractivity contribution in [3.05, 3.63) is 56.8 Å². The molecular weight excluding hydrogens is 704 g/mol. The fraction of sp³-hybridized carbons (Fsp3) is 0.444. The van der Waals surface area contributed by atoms with E-state index < -0.39 is 64.6 Å². The second-order valence-corrected chi connectivity index (χ2v) is 14.7. The lowest BCUT2D eigenvalue weighted by Gasteiger charge is -2.20. The van der Waals surface area contributed by atoms with Gasteiger partial charge in [-0.3, -0.25) is 23.4 Å². The standard InChI is InChI=1S/C27H33N9O12P2/c1-13-7-17-18(8-14(13)2)35(24-21(32-17)25(39)34-27(40)33-24)5-3-15(37)4-6-45-49(41,42)48-50(43,44)46-10-16-9-19(38)26(47-16)36-12-31-20-22(28)29-11-30-23(20)36/h7-8,11-12,15-16,19,26,37-38H,3-6,9-10H2,1-2H3,(H,41,42)(H,43,44)(H2,28,29,30)(H,34,39,40)/t15-,16-,19+,26+/m0/s1. The van der Waals surface area contributed by atoms with Gasteiger partial charge in [0.05, 0.1) is 42.8 Å². The number of ether oxygens (including phenoxy) is 1. The van der Waals surface area contributed by atoms with Gasteiger partial charge < -0.3 is 35.0 Å². The van der Waals surface area contributed by atoms with Gasteiger partial charge in [-0.05, 0) is 49.9 Å². The number of aliphatic hydroxyl groups excluding tert-OH is 2. The molecule has 0 amide bonds. The molecule has 0 spiro atoms. The molecule has 1 saturated heterocycles. The number of nitrogens with two attached hydrogens (primary N) is 1. The van der Waals surface area contributed by atoms with Crippen molar-refractivity contribution in [2.24, 2.45) is 0 Å². The Kier molecular flexibility index (Phi) is 9.99. The summed E-state index contributed by atoms with van der Waals surface area (Å²) >= 11 is 0. The van der Waals surface area contributed by atoms with Crippen LogP contribution < -0.4 is 17.0 Å². The largest absolute Gasteiger partial charge is 0.481 e. The first-order valence-corrected chi connectivity index (χ1v) is 18.1. The maximum absolute atomic E-state index is 12.5. The molecule has 23 heteroatoms. The molecule has 2 unspecified atom stereocenters. The average Bonchev–Trinajstić information content (AvgIpc) is 3.62. The number of aliphatic hydroxyl groups is 2. The monoisotopic (exact) mass is 737 g/mol. The topological polar surface area (TPSA) is 302 Å². The molecule has 0 saturated carbocycles. The molecule has 0 bridgehead atoms. The molecule has 21 nitrogen and oxygen atoms in total. The number of hydrogen-bond acceptors (Lipinski definition) is 16. The van der Waals surface area contributed by atoms with Gasteiger partial charge in [-0.1, -0.05) is 0 Å². The molecule has 5 heterocycles. The second kappa shape index (κ2) is 14.0. The molecule has 0 aliphatic carbocycles. The van der Waals surface area contributed by atoms with E-state index in [-0.39, 0.29) is 54.3 Å². The van der Waals surface area contributed by atoms with Crippen molar-refractivity contribution in [3.8, 4) is 11.5 Å². The van der Waals surface area contributed by atoms with Crippen LogP contribution in [0.2, 0.25) is 0 Å². The van der Waals surface area contributed by atoms with E-state index in [0.29, 0.717) is 11.0 Å². The minimum atomic E-state index is -5.18. The number of aromatic amines is 1. The average molecular weight is 738 g/mol. The van der Waals surface area contributed by atoms with Crippen LogP contribution in [0, 0.1) is 13.8 Å². The van der Waals surface area contributed by atoms with Gasteiger partial charge in [0.15, 0.2) is 29.2 Å². The first-order chi connectivity index (χ1) is 23.6. The Balaban J connectivity index is 1.01. The van der Waals surface area contributed by atoms with Crippen LogP contribution in [0.25, 0.3) is 33.7 Å². The Bertz CT molecular complexity index is 2240. The van der Waals surface area contributed by atoms with E-state index in [2.05, 4.69) is 34.2 Å². The van der Waals surface area contributed by atoms with E-state index in [1.807, 2.05) is 19.9 Å². The van der Waals surface area contributed by atoms with Crippen molar-refractivity contribution in [1.82, 2.24) is 39.0 Å². The van der Waals surface area contributed by atoms with Gasteiger partial charge in [0.1, 0.15) is 17.9 Å². The van der Waals surface area contributed by atoms with Gasteiger partial charge in [-0.25, -0.2) is 33.9 Å². The maximum atomic E-state index is 12.5. The number of nitrogen functional groups attached to an aromatic ring is 1. The molecule has 6 rings (SSSR count). The first kappa shape index (κ1) is 35.8. The van der Waals surface area contributed by atoms with Crippen molar-refractivity contribution in [2.45, 2.75) is 64.2 Å². The number of hydrogen-bond donors (Lipinski definition) is 6. The van der Waals surface area contributed by atoms with Crippen molar-refractivity contribution < 1.29 is 47.2 Å². The van der Waals surface area contributed by atoms with E-state index in [4.69, 9.17) is 19.5 Å². The van der Waals surface area contributed by atoms with Gasteiger partial charge >= 0.3 is 21.3 Å². The van der Waals surface area contributed by atoms with Crippen LogP contribution >= 0.6 is 15.6 Å². The summed E-state index contributed by atoms with van der Waals surface area (Å²) in [5.74, 6) is 0.144. The number of aryl methyl sites for hydroxylation is 3. The fourth-order valence-corrected chi connectivity index (χ4v) is 7.61. The Morgan fingerprint density at radius 1 is 1.08 bits per heavy atom. The van der Waals surface area contributed by atoms with Gasteiger partial charge in [-0.2, -0.15) is 9.29 Å². The van der Waals surface area contributed by atoms with Gasteiger partial charge in [0, 0.05) is 13.0 Å². The van der Waals surface area contributed by atoms with Crippen molar-refractivity contribution in [3.63, 3.8) is 0 Å². The molecule has 268 valence electrons. The lowest BCUT2D eigenvalue weighted by molar-refractivity contribution is -0.0481. The minimum absolute atomic E-state index is 0.0212. The Hall–Kier alpha value is -4.01. The molecular formula is C27H33N9O12P2. The van der Waals surface area contributed by atoms with Crippen LogP contribution in [0.1, 0.15) is 36.6 Å². The Morgan fingerprint density at radius 3 is 2.60 bits per heavy atom. The molecule has 2 aromatic heterocycles. The quantitative estimate of drug-likeness (QED) is 0.0714. The van der Waals surface area contributed by atoms with E-state index in [1.165, 1.54) is 17.2 Å². The van der Waals surface area contributed by atoms with Crippen molar-refractivity contribution in [2.75, 3.05) is 18.9 Å². The van der Waals surface area contributed by atoms with Crippen LogP contribution in [-0.4, -0.2) is 90.6 Å². The summed E-state index contributed by atoms with van der Waals surface area (Å²) in [5, 5.41) is 21.2. The predicted molar refractivity (Wildman–Crippen MR) is 173 cm³/mol. The highest BCUT2D eigenvalue weighted by Crippen LogP contribution is 2.60. The third kappa shape index (κ3) is 7.66. The smallest absolute Gasteiger partial charge is 0.393 e. The number of fused-ring (bicyclic) bond motifs is 3. The molecule has 3 aromatic rings. The highest BCUT2D eigenvalue weighted by atomic mass is 31.3. The number of anilines is 1. The van der Waals surface area contributed by atoms with Crippen LogP contribution in [0.4, 0.5) is 5.82 Å². The van der Waals surface area contributed by atoms with Crippen LogP contribution in [0.15, 0.2) is 34.4 Å². The zero-order valence-electron chi connectivity index (χ0n) is 26.5. The third-order valence-corrected chi connectivity index (χ3v) is 10.7. The number of phosphoric acid groups is 2. The molecule has 1 aromatic carbocycles. The number of H-pyrrole nitrogens is 1. The summed E-state index contributed by atoms with van der Waals surface area (Å²) in [6.45, 7) is 2.66. The predicted octanol–water partition coefficient (Wildman–Crippen LogP) is 0.664. The van der Waals surface area contributed by atoms with Gasteiger partial charge in [-0.15, -0.1) is 0 Å². The third-order valence-electron chi connectivity index (χ3n) is 8.07. The molecule has 50 heavy (non-hydrogen) atoms. The summed E-state index contributed by atoms with van der Waals surface area (Å²) in [6.07, 6.45) is -1.82. The summed E-state index contributed by atoms with van der Waals surface area (Å²) < 4.78 is 47.7. The molecule has 1 fully saturated rings. The molecule has 7 N–H and O–H groups in total. The van der Waals surface area contributed by atoms with Crippen LogP contribution in [0.3, 0.4) is 0 Å². The van der Waals surface area contributed by atoms with E-state index in [9.17, 15) is 38.7 Å². The molecule has 3 aliphatic heterocycles. The summed E-state index contributed by atoms with van der Waals surface area (Å²) in [4.78, 5) is 67.1. The number of imidazole rings is 1. The number of aromatic nitrogens is 8. The molecule has 0 radical (unpaired) electrons. The maximum Gasteiger partial charge on any atom is 0.481 e. The van der Waals surface area contributed by atoms with Crippen molar-refractivity contribution in [1.29, 1.82) is 0 Å². The van der Waals surface area contributed by atoms with Gasteiger partial charge in [0.2, 0.25) is 0 Å². The highest BCUT2D eigenvalue weighted by Gasteiger charge is 2.40. The second-order valence-electron chi connectivity index (χ2n) is 11.6. The zero-order valence-corrected chi connectivity index (χ0v) is 28.3. The summed E-state index contributed by atoms with van der Waals surface area (Å²) in [5.41, 5.74) is 7.62. The molecule has 3 aliphatic rings. The number of nitrogens with zero attached hydrogens (tertiary/aromatic N) is 7. The number of rotatable bonds is 13. The van der Waals surface area contributed by atoms with Gasteiger partial charge in [0.25, 0.3) is 5.56 Å². The number of nitrogens with one attached hydrogen (secondary N) is 1. The normalized spacial score (nSPS) is 21.1. The Morgan fingerprint density at radius 2 is 1.82 bits per heavy atom. The summed E-state index contributed by atoms with van der Waals surface area (Å²) in [6, 6.07) is 3.61. The Labute approximate surface area is 281 Å². The lowest BCUT2D eigenvalue weighted by atomic mass is 10.1. The minimum Gasteiger partial charge on any atom is -0.393 e. The van der Waals surface area contributed by atoms with E-state index >= 15 is 0 Å². The molecule has 6 atom stereocenters. The van der Waals surface area contributed by atoms with Crippen LogP contribution in [0.5, 0.6) is 0 Å². The van der Waals surface area contributed by atoms with E-state index in [1.54, 1.807) is 10.6 Å².